The second-order valence-corrected chi connectivity index (χ2v) is 8.32. The molecule has 0 radical (unpaired) electrons. The van der Waals surface area contributed by atoms with Gasteiger partial charge in [-0.2, -0.15) is 5.10 Å². The van der Waals surface area contributed by atoms with Crippen LogP contribution in [0, 0.1) is 0 Å². The average molecular weight is 493 g/mol. The molecule has 2 aromatic heterocycles. The van der Waals surface area contributed by atoms with Gasteiger partial charge in [0.1, 0.15) is 5.75 Å². The lowest BCUT2D eigenvalue weighted by atomic mass is 10.2. The molecule has 0 spiro atoms. The third kappa shape index (κ3) is 6.00. The molecule has 0 aliphatic carbocycles. The fourth-order valence-corrected chi connectivity index (χ4v) is 3.90. The van der Waals surface area contributed by atoms with Crippen molar-refractivity contribution in [1.82, 2.24) is 25.2 Å². The maximum absolute atomic E-state index is 12.3. The Balaban J connectivity index is 1.53. The molecule has 10 heteroatoms. The van der Waals surface area contributed by atoms with E-state index in [1.807, 2.05) is 47.9 Å². The number of nitrogens with one attached hydrogen (secondary N) is 1. The highest BCUT2D eigenvalue weighted by Crippen LogP contribution is 2.29. The smallest absolute Gasteiger partial charge is 0.250 e. The molecule has 2 heterocycles. The van der Waals surface area contributed by atoms with E-state index in [-0.39, 0.29) is 11.7 Å². The summed E-state index contributed by atoms with van der Waals surface area (Å²) in [6, 6.07) is 18.6. The number of halogens is 1. The third-order valence-corrected chi connectivity index (χ3v) is 5.76. The molecule has 0 bridgehead atoms. The monoisotopic (exact) mass is 492 g/mol. The van der Waals surface area contributed by atoms with E-state index in [9.17, 15) is 4.79 Å². The average Bonchev–Trinajstić information content (AvgIpc) is 3.28. The van der Waals surface area contributed by atoms with Gasteiger partial charge in [0.2, 0.25) is 0 Å². The first-order valence-electron chi connectivity index (χ1n) is 10.4. The quantitative estimate of drug-likeness (QED) is 0.208. The molecule has 1 amide bonds. The van der Waals surface area contributed by atoms with Gasteiger partial charge < -0.3 is 4.74 Å². The van der Waals surface area contributed by atoms with E-state index < -0.39 is 0 Å². The lowest BCUT2D eigenvalue weighted by Gasteiger charge is -2.11. The number of amides is 1. The zero-order valence-corrected chi connectivity index (χ0v) is 19.8. The first kappa shape index (κ1) is 23.5. The Labute approximate surface area is 206 Å². The number of pyridine rings is 1. The van der Waals surface area contributed by atoms with Crippen molar-refractivity contribution in [3.05, 3.63) is 83.6 Å². The maximum Gasteiger partial charge on any atom is 0.250 e. The molecular weight excluding hydrogens is 472 g/mol. The zero-order valence-electron chi connectivity index (χ0n) is 18.3. The van der Waals surface area contributed by atoms with Crippen LogP contribution in [0.4, 0.5) is 0 Å². The summed E-state index contributed by atoms with van der Waals surface area (Å²) in [5.74, 6) is 1.26. The number of carbonyl (C=O) groups is 1. The van der Waals surface area contributed by atoms with Crippen molar-refractivity contribution >= 4 is 35.5 Å². The number of thioether (sulfide) groups is 1. The summed E-state index contributed by atoms with van der Waals surface area (Å²) in [5.41, 5.74) is 5.06. The highest BCUT2D eigenvalue weighted by atomic mass is 35.5. The SMILES string of the molecule is CCOc1ccc(-n2c(SCC(=O)N/N=C/c3ccncc3)nnc2-c2ccc(Cl)cc2)cc1. The molecule has 0 atom stereocenters. The van der Waals surface area contributed by atoms with Gasteiger partial charge >= 0.3 is 0 Å². The van der Waals surface area contributed by atoms with Crippen LogP contribution in [0.15, 0.2) is 83.3 Å². The third-order valence-electron chi connectivity index (χ3n) is 4.58. The second-order valence-electron chi connectivity index (χ2n) is 6.94. The number of ether oxygens (including phenoxy) is 1. The molecule has 0 aliphatic rings. The highest BCUT2D eigenvalue weighted by molar-refractivity contribution is 7.99. The molecule has 0 unspecified atom stereocenters. The minimum atomic E-state index is -0.260. The van der Waals surface area contributed by atoms with Crippen LogP contribution in [0.5, 0.6) is 5.75 Å². The van der Waals surface area contributed by atoms with Crippen LogP contribution in [-0.2, 0) is 4.79 Å². The molecule has 34 heavy (non-hydrogen) atoms. The molecule has 0 aliphatic heterocycles. The molecule has 2 aromatic carbocycles. The van der Waals surface area contributed by atoms with E-state index >= 15 is 0 Å². The summed E-state index contributed by atoms with van der Waals surface area (Å²) in [5, 5.41) is 13.9. The molecule has 8 nitrogen and oxygen atoms in total. The Morgan fingerprint density at radius 3 is 2.53 bits per heavy atom. The van der Waals surface area contributed by atoms with Gasteiger partial charge in [-0.15, -0.1) is 10.2 Å². The summed E-state index contributed by atoms with van der Waals surface area (Å²) in [6.45, 7) is 2.52. The molecule has 0 saturated carbocycles. The molecule has 0 saturated heterocycles. The highest BCUT2D eigenvalue weighted by Gasteiger charge is 2.17. The van der Waals surface area contributed by atoms with E-state index in [4.69, 9.17) is 16.3 Å². The molecule has 172 valence electrons. The molecule has 0 fully saturated rings. The lowest BCUT2D eigenvalue weighted by molar-refractivity contribution is -0.118. The minimum absolute atomic E-state index is 0.115. The predicted octanol–water partition coefficient (Wildman–Crippen LogP) is 4.62. The van der Waals surface area contributed by atoms with E-state index in [2.05, 4.69) is 25.7 Å². The number of benzene rings is 2. The van der Waals surface area contributed by atoms with Gasteiger partial charge in [0.25, 0.3) is 5.91 Å². The van der Waals surface area contributed by atoms with Gasteiger partial charge in [0.05, 0.1) is 18.6 Å². The first-order valence-corrected chi connectivity index (χ1v) is 11.8. The van der Waals surface area contributed by atoms with Gasteiger partial charge in [-0.05, 0) is 73.2 Å². The van der Waals surface area contributed by atoms with Crippen LogP contribution in [0.3, 0.4) is 0 Å². The largest absolute Gasteiger partial charge is 0.494 e. The van der Waals surface area contributed by atoms with Crippen molar-refractivity contribution in [3.63, 3.8) is 0 Å². The fourth-order valence-electron chi connectivity index (χ4n) is 3.03. The molecular formula is C24H21ClN6O2S. The van der Waals surface area contributed by atoms with Crippen molar-refractivity contribution in [2.24, 2.45) is 5.10 Å². The van der Waals surface area contributed by atoms with Crippen molar-refractivity contribution in [3.8, 4) is 22.8 Å². The van der Waals surface area contributed by atoms with Crippen LogP contribution in [-0.4, -0.2) is 44.2 Å². The van der Waals surface area contributed by atoms with Gasteiger partial charge in [0, 0.05) is 28.7 Å². The topological polar surface area (TPSA) is 94.3 Å². The summed E-state index contributed by atoms with van der Waals surface area (Å²) >= 11 is 7.32. The number of aromatic nitrogens is 4. The van der Waals surface area contributed by atoms with Gasteiger partial charge in [-0.25, -0.2) is 5.43 Å². The van der Waals surface area contributed by atoms with Crippen molar-refractivity contribution < 1.29 is 9.53 Å². The molecule has 4 aromatic rings. The predicted molar refractivity (Wildman–Crippen MR) is 134 cm³/mol. The van der Waals surface area contributed by atoms with E-state index in [1.165, 1.54) is 11.8 Å². The Morgan fingerprint density at radius 1 is 1.09 bits per heavy atom. The van der Waals surface area contributed by atoms with Crippen molar-refractivity contribution in [1.29, 1.82) is 0 Å². The summed E-state index contributed by atoms with van der Waals surface area (Å²) in [6.07, 6.45) is 4.88. The minimum Gasteiger partial charge on any atom is -0.494 e. The summed E-state index contributed by atoms with van der Waals surface area (Å²) < 4.78 is 7.45. The summed E-state index contributed by atoms with van der Waals surface area (Å²) in [7, 11) is 0. The number of hydrazone groups is 1. The van der Waals surface area contributed by atoms with Crippen molar-refractivity contribution in [2.45, 2.75) is 12.1 Å². The van der Waals surface area contributed by atoms with Crippen LogP contribution in [0.1, 0.15) is 12.5 Å². The van der Waals surface area contributed by atoms with Crippen LogP contribution in [0.25, 0.3) is 17.1 Å². The van der Waals surface area contributed by atoms with E-state index in [0.717, 1.165) is 22.6 Å². The fraction of sp³-hybridized carbons (Fsp3) is 0.125. The van der Waals surface area contributed by atoms with Crippen LogP contribution in [0.2, 0.25) is 5.02 Å². The van der Waals surface area contributed by atoms with Crippen LogP contribution < -0.4 is 10.2 Å². The number of rotatable bonds is 9. The Kier molecular flexibility index (Phi) is 7.90. The first-order chi connectivity index (χ1) is 16.6. The standard InChI is InChI=1S/C24H21ClN6O2S/c1-2-33-21-9-7-20(8-10-21)31-23(18-3-5-19(25)6-4-18)29-30-24(31)34-16-22(32)28-27-15-17-11-13-26-14-12-17/h3-15H,2,16H2,1H3,(H,28,32)/b27-15+. The normalized spacial score (nSPS) is 11.0. The zero-order chi connectivity index (χ0) is 23.8. The maximum atomic E-state index is 12.3. The van der Waals surface area contributed by atoms with Crippen molar-refractivity contribution in [2.75, 3.05) is 12.4 Å². The molecule has 4 rings (SSSR count). The van der Waals surface area contributed by atoms with E-state index in [1.54, 1.807) is 42.9 Å². The number of nitrogens with zero attached hydrogens (tertiary/aromatic N) is 5. The molecule has 1 N–H and O–H groups in total. The van der Waals surface area contributed by atoms with E-state index in [0.29, 0.717) is 22.6 Å². The van der Waals surface area contributed by atoms with Gasteiger partial charge in [0.15, 0.2) is 11.0 Å². The van der Waals surface area contributed by atoms with Crippen LogP contribution >= 0.6 is 23.4 Å². The van der Waals surface area contributed by atoms with Gasteiger partial charge in [-0.1, -0.05) is 23.4 Å². The second kappa shape index (κ2) is 11.4. The lowest BCUT2D eigenvalue weighted by Crippen LogP contribution is -2.20. The number of hydrogen-bond donors (Lipinski definition) is 1. The van der Waals surface area contributed by atoms with Gasteiger partial charge in [-0.3, -0.25) is 14.3 Å². The summed E-state index contributed by atoms with van der Waals surface area (Å²) in [4.78, 5) is 16.3. The Morgan fingerprint density at radius 2 is 1.82 bits per heavy atom. The number of hydrogen-bond acceptors (Lipinski definition) is 7. The number of carbonyl (C=O) groups excluding carboxylic acids is 1. The Bertz CT molecular complexity index is 1260. The Hall–Kier alpha value is -3.69.